The number of rotatable bonds is 4. The molecule has 5 rings (SSSR count). The zero-order chi connectivity index (χ0) is 23.7. The van der Waals surface area contributed by atoms with Crippen molar-refractivity contribution in [2.75, 3.05) is 0 Å². The van der Waals surface area contributed by atoms with E-state index in [9.17, 15) is 10.5 Å². The van der Waals surface area contributed by atoms with E-state index in [0.717, 1.165) is 27.7 Å². The van der Waals surface area contributed by atoms with Gasteiger partial charge >= 0.3 is 0 Å². The molecule has 6 nitrogen and oxygen atoms in total. The zero-order valence-electron chi connectivity index (χ0n) is 18.6. The third-order valence-electron chi connectivity index (χ3n) is 5.70. The molecular weight excluding hydrogens is 422 g/mol. The molecule has 0 bridgehead atoms. The van der Waals surface area contributed by atoms with Crippen molar-refractivity contribution < 1.29 is 4.74 Å². The lowest BCUT2D eigenvalue weighted by Gasteiger charge is -2.15. The molecule has 4 aromatic carbocycles. The van der Waals surface area contributed by atoms with E-state index in [-0.39, 0.29) is 11.1 Å². The highest BCUT2D eigenvalue weighted by molar-refractivity contribution is 5.77. The summed E-state index contributed by atoms with van der Waals surface area (Å²) in [4.78, 5) is 0. The van der Waals surface area contributed by atoms with Crippen molar-refractivity contribution in [3.8, 4) is 40.5 Å². The zero-order valence-corrected chi connectivity index (χ0v) is 18.6. The van der Waals surface area contributed by atoms with Crippen LogP contribution in [0.15, 0.2) is 78.9 Å². The minimum absolute atomic E-state index is 0.236. The molecule has 162 valence electrons. The molecule has 0 saturated heterocycles. The predicted octanol–water partition coefficient (Wildman–Crippen LogP) is 6.24. The maximum atomic E-state index is 9.58. The van der Waals surface area contributed by atoms with Crippen LogP contribution in [0.25, 0.3) is 27.8 Å². The van der Waals surface area contributed by atoms with Crippen molar-refractivity contribution in [1.82, 2.24) is 15.0 Å². The van der Waals surface area contributed by atoms with E-state index in [1.165, 1.54) is 5.56 Å². The Balaban J connectivity index is 1.60. The van der Waals surface area contributed by atoms with Gasteiger partial charge in [0.1, 0.15) is 29.1 Å². The van der Waals surface area contributed by atoms with E-state index in [1.54, 1.807) is 16.8 Å². The summed E-state index contributed by atoms with van der Waals surface area (Å²) in [5, 5.41) is 27.7. The van der Waals surface area contributed by atoms with Gasteiger partial charge in [0.15, 0.2) is 5.75 Å². The Morgan fingerprint density at radius 2 is 1.47 bits per heavy atom. The Morgan fingerprint density at radius 3 is 2.21 bits per heavy atom. The number of nitrogens with zero attached hydrogens (tertiary/aromatic N) is 5. The molecule has 0 aliphatic heterocycles. The first-order valence-corrected chi connectivity index (χ1v) is 10.7. The van der Waals surface area contributed by atoms with Crippen LogP contribution in [0.4, 0.5) is 0 Å². The second-order valence-electron chi connectivity index (χ2n) is 8.03. The Hall–Kier alpha value is -4.94. The molecule has 1 aromatic heterocycles. The Kier molecular flexibility index (Phi) is 5.26. The molecule has 0 spiro atoms. The number of benzene rings is 4. The molecule has 0 radical (unpaired) electrons. The lowest BCUT2D eigenvalue weighted by molar-refractivity contribution is 0.474. The monoisotopic (exact) mass is 441 g/mol. The minimum Gasteiger partial charge on any atom is -0.455 e. The van der Waals surface area contributed by atoms with Crippen molar-refractivity contribution in [1.29, 1.82) is 10.5 Å². The van der Waals surface area contributed by atoms with Crippen molar-refractivity contribution in [2.45, 2.75) is 13.8 Å². The number of fused-ring (bicyclic) bond motifs is 1. The fraction of sp³-hybridized carbons (Fsp3) is 0.0714. The van der Waals surface area contributed by atoms with Gasteiger partial charge in [0, 0.05) is 6.07 Å². The Labute approximate surface area is 196 Å². The van der Waals surface area contributed by atoms with E-state index < -0.39 is 0 Å². The summed E-state index contributed by atoms with van der Waals surface area (Å²) in [6.45, 7) is 4.04. The number of aryl methyl sites for hydroxylation is 2. The molecule has 1 heterocycles. The second kappa shape index (κ2) is 8.54. The average Bonchev–Trinajstić information content (AvgIpc) is 3.29. The van der Waals surface area contributed by atoms with Gasteiger partial charge in [-0.25, -0.2) is 4.68 Å². The van der Waals surface area contributed by atoms with E-state index in [1.807, 2.05) is 43.3 Å². The van der Waals surface area contributed by atoms with Gasteiger partial charge in [0.2, 0.25) is 0 Å². The second-order valence-corrected chi connectivity index (χ2v) is 8.03. The molecule has 0 unspecified atom stereocenters. The standard InChI is InChI=1S/C28H19N5O/c1-18-7-9-20(10-8-18)21-11-12-27(19(2)13-21)34-28-15-23(17-30)22(16-29)14-26(28)33-25-6-4-3-5-24(25)31-32-33/h3-15H,1-2H3. The molecule has 5 aromatic rings. The number of para-hydroxylation sites is 1. The van der Waals surface area contributed by atoms with Crippen molar-refractivity contribution in [3.63, 3.8) is 0 Å². The van der Waals surface area contributed by atoms with Crippen LogP contribution in [0.1, 0.15) is 22.3 Å². The largest absolute Gasteiger partial charge is 0.455 e. The molecule has 6 heteroatoms. The fourth-order valence-electron chi connectivity index (χ4n) is 3.86. The number of ether oxygens (including phenoxy) is 1. The van der Waals surface area contributed by atoms with Gasteiger partial charge in [-0.3, -0.25) is 0 Å². The lowest BCUT2D eigenvalue weighted by atomic mass is 10.0. The van der Waals surface area contributed by atoms with E-state index in [4.69, 9.17) is 4.74 Å². The first kappa shape index (κ1) is 20.9. The summed E-state index contributed by atoms with van der Waals surface area (Å²) in [7, 11) is 0. The first-order valence-electron chi connectivity index (χ1n) is 10.7. The van der Waals surface area contributed by atoms with Crippen molar-refractivity contribution in [2.24, 2.45) is 0 Å². The van der Waals surface area contributed by atoms with E-state index >= 15 is 0 Å². The van der Waals surface area contributed by atoms with Crippen LogP contribution >= 0.6 is 0 Å². The number of hydrogen-bond donors (Lipinski definition) is 0. The normalized spacial score (nSPS) is 10.6. The molecule has 0 amide bonds. The van der Waals surface area contributed by atoms with Gasteiger partial charge in [-0.15, -0.1) is 5.10 Å². The first-order chi connectivity index (χ1) is 16.6. The van der Waals surface area contributed by atoms with Crippen LogP contribution in [-0.2, 0) is 0 Å². The smallest absolute Gasteiger partial charge is 0.154 e. The van der Waals surface area contributed by atoms with Crippen LogP contribution in [0.5, 0.6) is 11.5 Å². The SMILES string of the molecule is Cc1ccc(-c2ccc(Oc3cc(C#N)c(C#N)cc3-n3nnc4ccccc43)c(C)c2)cc1. The third-order valence-corrected chi connectivity index (χ3v) is 5.70. The Bertz CT molecular complexity index is 1620. The van der Waals surface area contributed by atoms with Gasteiger partial charge in [-0.1, -0.05) is 53.2 Å². The molecule has 0 fully saturated rings. The van der Waals surface area contributed by atoms with Crippen LogP contribution < -0.4 is 4.74 Å². The summed E-state index contributed by atoms with van der Waals surface area (Å²) in [5.41, 5.74) is 6.87. The molecule has 0 atom stereocenters. The van der Waals surface area contributed by atoms with Gasteiger partial charge in [-0.05, 0) is 60.9 Å². The summed E-state index contributed by atoms with van der Waals surface area (Å²) in [5.74, 6) is 1.06. The third kappa shape index (κ3) is 3.74. The summed E-state index contributed by atoms with van der Waals surface area (Å²) in [6, 6.07) is 29.3. The number of nitriles is 2. The average molecular weight is 441 g/mol. The summed E-state index contributed by atoms with van der Waals surface area (Å²) in [6.07, 6.45) is 0. The summed E-state index contributed by atoms with van der Waals surface area (Å²) >= 11 is 0. The quantitative estimate of drug-likeness (QED) is 0.329. The molecular formula is C28H19N5O. The molecule has 0 saturated carbocycles. The number of aromatic nitrogens is 3. The van der Waals surface area contributed by atoms with Gasteiger partial charge in [-0.2, -0.15) is 10.5 Å². The van der Waals surface area contributed by atoms with Crippen LogP contribution in [0.2, 0.25) is 0 Å². The number of hydrogen-bond acceptors (Lipinski definition) is 5. The predicted molar refractivity (Wildman–Crippen MR) is 130 cm³/mol. The highest BCUT2D eigenvalue weighted by Crippen LogP contribution is 2.35. The maximum Gasteiger partial charge on any atom is 0.154 e. The highest BCUT2D eigenvalue weighted by atomic mass is 16.5. The lowest BCUT2D eigenvalue weighted by Crippen LogP contribution is -2.02. The Morgan fingerprint density at radius 1 is 0.765 bits per heavy atom. The molecule has 0 N–H and O–H groups in total. The van der Waals surface area contributed by atoms with Gasteiger partial charge in [0.25, 0.3) is 0 Å². The van der Waals surface area contributed by atoms with Crippen LogP contribution in [-0.4, -0.2) is 15.0 Å². The van der Waals surface area contributed by atoms with E-state index in [2.05, 4.69) is 59.7 Å². The highest BCUT2D eigenvalue weighted by Gasteiger charge is 2.17. The van der Waals surface area contributed by atoms with Gasteiger partial charge < -0.3 is 4.74 Å². The van der Waals surface area contributed by atoms with Crippen LogP contribution in [0.3, 0.4) is 0 Å². The summed E-state index contributed by atoms with van der Waals surface area (Å²) < 4.78 is 7.94. The van der Waals surface area contributed by atoms with Crippen molar-refractivity contribution in [3.05, 3.63) is 101 Å². The topological polar surface area (TPSA) is 87.5 Å². The van der Waals surface area contributed by atoms with E-state index in [0.29, 0.717) is 17.2 Å². The van der Waals surface area contributed by atoms with Crippen molar-refractivity contribution >= 4 is 11.0 Å². The minimum atomic E-state index is 0.236. The van der Waals surface area contributed by atoms with Gasteiger partial charge in [0.05, 0.1) is 16.6 Å². The maximum absolute atomic E-state index is 9.58. The fourth-order valence-corrected chi connectivity index (χ4v) is 3.86. The van der Waals surface area contributed by atoms with Crippen LogP contribution in [0, 0.1) is 36.5 Å². The molecule has 0 aliphatic carbocycles. The molecule has 0 aliphatic rings. The molecule has 34 heavy (non-hydrogen) atoms.